The Morgan fingerprint density at radius 3 is 2.20 bits per heavy atom. The maximum absolute atomic E-state index is 11.6. The largest absolute Gasteiger partial charge is 0.444 e. The summed E-state index contributed by atoms with van der Waals surface area (Å²) < 4.78 is 32.4. The first kappa shape index (κ1) is 17.2. The Kier molecular flexibility index (Phi) is 5.82. The first-order chi connectivity index (χ1) is 9.11. The van der Waals surface area contributed by atoms with Gasteiger partial charge >= 0.3 is 6.09 Å². The first-order valence-electron chi connectivity index (χ1n) is 6.89. The van der Waals surface area contributed by atoms with Crippen LogP contribution < -0.4 is 5.32 Å². The van der Waals surface area contributed by atoms with E-state index in [4.69, 9.17) is 4.74 Å². The summed E-state index contributed by atoms with van der Waals surface area (Å²) in [5, 5.41) is 2.83. The van der Waals surface area contributed by atoms with Crippen LogP contribution in [0.4, 0.5) is 4.79 Å². The lowest BCUT2D eigenvalue weighted by Crippen LogP contribution is -2.41. The summed E-state index contributed by atoms with van der Waals surface area (Å²) in [6.07, 6.45) is 2.66. The van der Waals surface area contributed by atoms with E-state index in [0.29, 0.717) is 0 Å². The number of hydrogen-bond donors (Lipinski definition) is 1. The van der Waals surface area contributed by atoms with Gasteiger partial charge in [-0.2, -0.15) is 8.42 Å². The third-order valence-electron chi connectivity index (χ3n) is 3.26. The van der Waals surface area contributed by atoms with Crippen molar-refractivity contribution in [2.75, 3.05) is 12.9 Å². The molecule has 0 heterocycles. The average Bonchev–Trinajstić information content (AvgIpc) is 2.29. The highest BCUT2D eigenvalue weighted by molar-refractivity contribution is 7.86. The second-order valence-electron chi connectivity index (χ2n) is 6.25. The number of amides is 1. The minimum Gasteiger partial charge on any atom is -0.444 e. The molecule has 0 atom stereocenters. The summed E-state index contributed by atoms with van der Waals surface area (Å²) >= 11 is 0. The average molecular weight is 307 g/mol. The normalized spacial score (nSPS) is 24.2. The van der Waals surface area contributed by atoms with Crippen molar-refractivity contribution in [1.82, 2.24) is 5.32 Å². The molecule has 6 nitrogen and oxygen atoms in total. The zero-order valence-electron chi connectivity index (χ0n) is 12.6. The molecule has 7 heteroatoms. The summed E-state index contributed by atoms with van der Waals surface area (Å²) in [4.78, 5) is 11.6. The Morgan fingerprint density at radius 2 is 1.75 bits per heavy atom. The van der Waals surface area contributed by atoms with Gasteiger partial charge in [0.2, 0.25) is 0 Å². The zero-order chi connectivity index (χ0) is 15.4. The maximum Gasteiger partial charge on any atom is 0.407 e. The van der Waals surface area contributed by atoms with E-state index >= 15 is 0 Å². The standard InChI is InChI=1S/C13H25NO5S/c1-13(2,3)19-12(15)14-11-7-5-10(6-8-11)9-20(16,17)18-4/h10-11H,5-9H2,1-4H3,(H,14,15). The topological polar surface area (TPSA) is 81.7 Å². The summed E-state index contributed by atoms with van der Waals surface area (Å²) in [7, 11) is -2.21. The molecule has 0 bridgehead atoms. The summed E-state index contributed by atoms with van der Waals surface area (Å²) in [6, 6.07) is 0.0614. The molecule has 0 aromatic rings. The predicted molar refractivity (Wildman–Crippen MR) is 75.9 cm³/mol. The zero-order valence-corrected chi connectivity index (χ0v) is 13.5. The molecule has 1 amide bonds. The molecule has 0 radical (unpaired) electrons. The van der Waals surface area contributed by atoms with Gasteiger partial charge in [0.15, 0.2) is 0 Å². The minimum atomic E-state index is -3.40. The predicted octanol–water partition coefficient (Wildman–Crippen LogP) is 2.05. The number of nitrogens with one attached hydrogen (secondary N) is 1. The van der Waals surface area contributed by atoms with Gasteiger partial charge in [-0.3, -0.25) is 4.18 Å². The molecule has 0 aromatic carbocycles. The molecule has 1 aliphatic carbocycles. The van der Waals surface area contributed by atoms with Crippen molar-refractivity contribution in [2.24, 2.45) is 5.92 Å². The van der Waals surface area contributed by atoms with E-state index in [9.17, 15) is 13.2 Å². The van der Waals surface area contributed by atoms with Gasteiger partial charge in [-0.15, -0.1) is 0 Å². The maximum atomic E-state index is 11.6. The van der Waals surface area contributed by atoms with Crippen LogP contribution in [-0.2, 0) is 19.0 Å². The van der Waals surface area contributed by atoms with Gasteiger partial charge in [0.25, 0.3) is 10.1 Å². The molecule has 1 N–H and O–H groups in total. The number of carbonyl (C=O) groups is 1. The van der Waals surface area contributed by atoms with Crippen molar-refractivity contribution >= 4 is 16.2 Å². The number of hydrogen-bond acceptors (Lipinski definition) is 5. The molecule has 0 unspecified atom stereocenters. The van der Waals surface area contributed by atoms with Crippen LogP contribution in [0.3, 0.4) is 0 Å². The minimum absolute atomic E-state index is 0.0582. The van der Waals surface area contributed by atoms with Crippen LogP contribution in [0.25, 0.3) is 0 Å². The summed E-state index contributed by atoms with van der Waals surface area (Å²) in [5.41, 5.74) is -0.506. The first-order valence-corrected chi connectivity index (χ1v) is 8.47. The summed E-state index contributed by atoms with van der Waals surface area (Å²) in [6.45, 7) is 5.46. The van der Waals surface area contributed by atoms with E-state index < -0.39 is 21.8 Å². The Labute approximate surface area is 121 Å². The third-order valence-corrected chi connectivity index (χ3v) is 4.65. The third kappa shape index (κ3) is 6.56. The molecule has 20 heavy (non-hydrogen) atoms. The van der Waals surface area contributed by atoms with E-state index in [1.807, 2.05) is 20.8 Å². The highest BCUT2D eigenvalue weighted by Crippen LogP contribution is 2.26. The fraction of sp³-hybridized carbons (Fsp3) is 0.923. The summed E-state index contributed by atoms with van der Waals surface area (Å²) in [5.74, 6) is 0.166. The van der Waals surface area contributed by atoms with Gasteiger partial charge < -0.3 is 10.1 Å². The number of carbonyl (C=O) groups excluding carboxylic acids is 1. The van der Waals surface area contributed by atoms with Crippen LogP contribution in [-0.4, -0.2) is 39.0 Å². The molecule has 1 aliphatic rings. The molecular formula is C13H25NO5S. The van der Waals surface area contributed by atoms with Crippen LogP contribution in [0, 0.1) is 5.92 Å². The van der Waals surface area contributed by atoms with Crippen molar-refractivity contribution in [1.29, 1.82) is 0 Å². The molecule has 0 aliphatic heterocycles. The van der Waals surface area contributed by atoms with Gasteiger partial charge in [-0.05, 0) is 52.4 Å². The van der Waals surface area contributed by atoms with Crippen molar-refractivity contribution < 1.29 is 22.1 Å². The van der Waals surface area contributed by atoms with E-state index in [2.05, 4.69) is 9.50 Å². The molecule has 1 fully saturated rings. The highest BCUT2D eigenvalue weighted by Gasteiger charge is 2.27. The van der Waals surface area contributed by atoms with E-state index in [-0.39, 0.29) is 17.7 Å². The van der Waals surface area contributed by atoms with Crippen molar-refractivity contribution in [3.05, 3.63) is 0 Å². The molecule has 0 spiro atoms. The molecule has 1 saturated carbocycles. The number of alkyl carbamates (subject to hydrolysis) is 1. The smallest absolute Gasteiger partial charge is 0.407 e. The Morgan fingerprint density at radius 1 is 1.20 bits per heavy atom. The highest BCUT2D eigenvalue weighted by atomic mass is 32.2. The van der Waals surface area contributed by atoms with Crippen LogP contribution in [0.5, 0.6) is 0 Å². The lowest BCUT2D eigenvalue weighted by atomic mass is 9.87. The van der Waals surface area contributed by atoms with Crippen LogP contribution in [0.1, 0.15) is 46.5 Å². The Hall–Kier alpha value is -0.820. The van der Waals surface area contributed by atoms with Crippen molar-refractivity contribution in [2.45, 2.75) is 58.1 Å². The van der Waals surface area contributed by atoms with Gasteiger partial charge in [0.05, 0.1) is 12.9 Å². The number of rotatable bonds is 4. The molecule has 0 aromatic heterocycles. The fourth-order valence-corrected chi connectivity index (χ4v) is 3.35. The van der Waals surface area contributed by atoms with Crippen LogP contribution in [0.15, 0.2) is 0 Å². The lowest BCUT2D eigenvalue weighted by Gasteiger charge is -2.29. The van der Waals surface area contributed by atoms with Gasteiger partial charge in [0.1, 0.15) is 5.60 Å². The van der Waals surface area contributed by atoms with Crippen LogP contribution in [0.2, 0.25) is 0 Å². The second kappa shape index (κ2) is 6.76. The van der Waals surface area contributed by atoms with Crippen molar-refractivity contribution in [3.8, 4) is 0 Å². The van der Waals surface area contributed by atoms with Crippen LogP contribution >= 0.6 is 0 Å². The monoisotopic (exact) mass is 307 g/mol. The Bertz CT molecular complexity index is 419. The van der Waals surface area contributed by atoms with Crippen molar-refractivity contribution in [3.63, 3.8) is 0 Å². The van der Waals surface area contributed by atoms with E-state index in [0.717, 1.165) is 25.7 Å². The van der Waals surface area contributed by atoms with Gasteiger partial charge in [-0.1, -0.05) is 0 Å². The lowest BCUT2D eigenvalue weighted by molar-refractivity contribution is 0.0488. The molecule has 1 rings (SSSR count). The molecule has 118 valence electrons. The molecule has 0 saturated heterocycles. The number of ether oxygens (including phenoxy) is 1. The fourth-order valence-electron chi connectivity index (χ4n) is 2.30. The SMILES string of the molecule is COS(=O)(=O)CC1CCC(NC(=O)OC(C)(C)C)CC1. The molecular weight excluding hydrogens is 282 g/mol. The van der Waals surface area contributed by atoms with Gasteiger partial charge in [0, 0.05) is 6.04 Å². The quantitative estimate of drug-likeness (QED) is 0.804. The van der Waals surface area contributed by atoms with Gasteiger partial charge in [-0.25, -0.2) is 4.79 Å². The Balaban J connectivity index is 2.34. The van der Waals surface area contributed by atoms with E-state index in [1.54, 1.807) is 0 Å². The second-order valence-corrected chi connectivity index (χ2v) is 8.04. The van der Waals surface area contributed by atoms with E-state index in [1.165, 1.54) is 7.11 Å².